The summed E-state index contributed by atoms with van der Waals surface area (Å²) in [5.74, 6) is 2.36. The minimum Gasteiger partial charge on any atom is -0.352 e. The Morgan fingerprint density at radius 2 is 1.94 bits per heavy atom. The first kappa shape index (κ1) is 12.2. The molecule has 2 aliphatic rings. The molecule has 1 saturated carbocycles. The van der Waals surface area contributed by atoms with Gasteiger partial charge >= 0.3 is 0 Å². The van der Waals surface area contributed by atoms with Crippen molar-refractivity contribution in [1.82, 2.24) is 10.2 Å². The van der Waals surface area contributed by atoms with E-state index in [1.165, 1.54) is 38.5 Å². The molecule has 1 aromatic heterocycles. The van der Waals surface area contributed by atoms with E-state index in [0.717, 1.165) is 24.0 Å². The number of rotatable bonds is 2. The van der Waals surface area contributed by atoms with Crippen LogP contribution in [0.1, 0.15) is 44.2 Å². The van der Waals surface area contributed by atoms with Crippen LogP contribution < -0.4 is 4.90 Å². The van der Waals surface area contributed by atoms with Gasteiger partial charge in [0.05, 0.1) is 11.6 Å². The van der Waals surface area contributed by atoms with Gasteiger partial charge in [-0.3, -0.25) is 0 Å². The molecule has 0 aromatic carbocycles. The lowest BCUT2D eigenvalue weighted by Crippen LogP contribution is -2.47. The van der Waals surface area contributed by atoms with Gasteiger partial charge < -0.3 is 4.90 Å². The summed E-state index contributed by atoms with van der Waals surface area (Å²) in [5.41, 5.74) is 0.859. The van der Waals surface area contributed by atoms with Crippen LogP contribution in [0.25, 0.3) is 0 Å². The summed E-state index contributed by atoms with van der Waals surface area (Å²) in [6.07, 6.45) is 8.18. The van der Waals surface area contributed by atoms with Gasteiger partial charge in [0, 0.05) is 12.6 Å². The second-order valence-corrected chi connectivity index (χ2v) is 5.73. The fraction of sp³-hybridized carbons (Fsp3) is 0.714. The normalized spacial score (nSPS) is 27.9. The van der Waals surface area contributed by atoms with Gasteiger partial charge in [0.15, 0.2) is 5.82 Å². The number of alkyl halides is 1. The van der Waals surface area contributed by atoms with Crippen LogP contribution in [0.3, 0.4) is 0 Å². The Labute approximate surface area is 114 Å². The predicted octanol–water partition coefficient (Wildman–Crippen LogP) is 3.37. The van der Waals surface area contributed by atoms with Crippen LogP contribution in [0, 0.1) is 5.92 Å². The minimum atomic E-state index is 0.444. The summed E-state index contributed by atoms with van der Waals surface area (Å²) in [5, 5.41) is 8.54. The van der Waals surface area contributed by atoms with Gasteiger partial charge in [0.2, 0.25) is 0 Å². The Bertz CT molecular complexity index is 391. The van der Waals surface area contributed by atoms with E-state index in [4.69, 9.17) is 11.6 Å². The maximum Gasteiger partial charge on any atom is 0.151 e. The van der Waals surface area contributed by atoms with Gasteiger partial charge in [-0.05, 0) is 43.7 Å². The first-order valence-corrected chi connectivity index (χ1v) is 7.57. The van der Waals surface area contributed by atoms with Gasteiger partial charge in [0.25, 0.3) is 0 Å². The smallest absolute Gasteiger partial charge is 0.151 e. The number of nitrogens with zero attached hydrogens (tertiary/aromatic N) is 3. The third kappa shape index (κ3) is 2.33. The molecule has 1 aliphatic heterocycles. The van der Waals surface area contributed by atoms with Crippen molar-refractivity contribution in [2.24, 2.45) is 5.92 Å². The van der Waals surface area contributed by atoms with E-state index in [1.54, 1.807) is 0 Å². The molecule has 1 aromatic rings. The summed E-state index contributed by atoms with van der Waals surface area (Å²) in [4.78, 5) is 2.48. The van der Waals surface area contributed by atoms with Gasteiger partial charge in [-0.1, -0.05) is 12.8 Å². The quantitative estimate of drug-likeness (QED) is 0.768. The zero-order chi connectivity index (χ0) is 12.4. The van der Waals surface area contributed by atoms with E-state index >= 15 is 0 Å². The van der Waals surface area contributed by atoms with Crippen molar-refractivity contribution in [2.45, 2.75) is 50.4 Å². The number of fused-ring (bicyclic) bond motifs is 1. The molecule has 4 heteroatoms. The summed E-state index contributed by atoms with van der Waals surface area (Å²) in [6, 6.07) is 4.78. The van der Waals surface area contributed by atoms with E-state index in [0.29, 0.717) is 11.9 Å². The molecule has 0 radical (unpaired) electrons. The molecule has 2 heterocycles. The summed E-state index contributed by atoms with van der Waals surface area (Å²) >= 11 is 5.76. The summed E-state index contributed by atoms with van der Waals surface area (Å²) in [7, 11) is 0. The molecule has 0 amide bonds. The fourth-order valence-corrected chi connectivity index (χ4v) is 3.63. The maximum atomic E-state index is 5.76. The van der Waals surface area contributed by atoms with Crippen molar-refractivity contribution in [1.29, 1.82) is 0 Å². The van der Waals surface area contributed by atoms with Crippen LogP contribution in [0.15, 0.2) is 12.1 Å². The number of piperidine rings is 1. The number of hydrogen-bond donors (Lipinski definition) is 0. The molecule has 98 valence electrons. The topological polar surface area (TPSA) is 29.0 Å². The average Bonchev–Trinajstić information content (AvgIpc) is 2.47. The number of halogens is 1. The molecular formula is C14H20ClN3. The Balaban J connectivity index is 1.80. The highest BCUT2D eigenvalue weighted by molar-refractivity contribution is 6.16. The SMILES string of the molecule is ClCc1ccc(N2CCCC3CCCCC32)nn1. The predicted molar refractivity (Wildman–Crippen MR) is 73.9 cm³/mol. The number of aromatic nitrogens is 2. The van der Waals surface area contributed by atoms with Crippen molar-refractivity contribution in [3.63, 3.8) is 0 Å². The number of hydrogen-bond acceptors (Lipinski definition) is 3. The van der Waals surface area contributed by atoms with Crippen LogP contribution in [-0.2, 0) is 5.88 Å². The lowest BCUT2D eigenvalue weighted by atomic mass is 9.78. The van der Waals surface area contributed by atoms with Crippen molar-refractivity contribution >= 4 is 17.4 Å². The first-order chi connectivity index (χ1) is 8.88. The van der Waals surface area contributed by atoms with Gasteiger partial charge in [-0.2, -0.15) is 5.10 Å². The fourth-order valence-electron chi connectivity index (χ4n) is 3.49. The van der Waals surface area contributed by atoms with E-state index in [-0.39, 0.29) is 0 Å². The molecule has 0 N–H and O–H groups in total. The lowest BCUT2D eigenvalue weighted by Gasteiger charge is -2.44. The van der Waals surface area contributed by atoms with E-state index < -0.39 is 0 Å². The zero-order valence-electron chi connectivity index (χ0n) is 10.7. The zero-order valence-corrected chi connectivity index (χ0v) is 11.4. The van der Waals surface area contributed by atoms with Crippen LogP contribution in [0.5, 0.6) is 0 Å². The molecule has 0 bridgehead atoms. The average molecular weight is 266 g/mol. The number of anilines is 1. The van der Waals surface area contributed by atoms with E-state index in [9.17, 15) is 0 Å². The molecule has 0 spiro atoms. The van der Waals surface area contributed by atoms with Gasteiger partial charge in [-0.25, -0.2) is 0 Å². The van der Waals surface area contributed by atoms with Crippen LogP contribution >= 0.6 is 11.6 Å². The highest BCUT2D eigenvalue weighted by Gasteiger charge is 2.33. The third-order valence-electron chi connectivity index (χ3n) is 4.38. The molecule has 2 atom stereocenters. The van der Waals surface area contributed by atoms with Crippen molar-refractivity contribution in [3.05, 3.63) is 17.8 Å². The van der Waals surface area contributed by atoms with Crippen LogP contribution in [0.4, 0.5) is 5.82 Å². The Kier molecular flexibility index (Phi) is 3.69. The van der Waals surface area contributed by atoms with Crippen LogP contribution in [-0.4, -0.2) is 22.8 Å². The molecule has 2 fully saturated rings. The molecule has 3 rings (SSSR count). The van der Waals surface area contributed by atoms with Crippen molar-refractivity contribution in [3.8, 4) is 0 Å². The van der Waals surface area contributed by atoms with Crippen molar-refractivity contribution < 1.29 is 0 Å². The van der Waals surface area contributed by atoms with Gasteiger partial charge in [-0.15, -0.1) is 16.7 Å². The molecule has 3 nitrogen and oxygen atoms in total. The second-order valence-electron chi connectivity index (χ2n) is 5.46. The standard InChI is InChI=1S/C14H20ClN3/c15-10-12-7-8-14(17-16-12)18-9-3-5-11-4-1-2-6-13(11)18/h7-8,11,13H,1-6,9-10H2. The summed E-state index contributed by atoms with van der Waals surface area (Å²) < 4.78 is 0. The van der Waals surface area contributed by atoms with Gasteiger partial charge in [0.1, 0.15) is 0 Å². The van der Waals surface area contributed by atoms with Crippen molar-refractivity contribution in [2.75, 3.05) is 11.4 Å². The second kappa shape index (κ2) is 5.43. The molecule has 18 heavy (non-hydrogen) atoms. The maximum absolute atomic E-state index is 5.76. The lowest BCUT2D eigenvalue weighted by molar-refractivity contribution is 0.242. The molecule has 2 unspecified atom stereocenters. The van der Waals surface area contributed by atoms with E-state index in [1.807, 2.05) is 6.07 Å². The molecular weight excluding hydrogens is 246 g/mol. The summed E-state index contributed by atoms with van der Waals surface area (Å²) in [6.45, 7) is 1.13. The Hall–Kier alpha value is -0.830. The van der Waals surface area contributed by atoms with Crippen LogP contribution in [0.2, 0.25) is 0 Å². The Morgan fingerprint density at radius 3 is 2.72 bits per heavy atom. The molecule has 1 aliphatic carbocycles. The highest BCUT2D eigenvalue weighted by Crippen LogP contribution is 2.36. The monoisotopic (exact) mass is 265 g/mol. The molecule has 1 saturated heterocycles. The first-order valence-electron chi connectivity index (χ1n) is 7.03. The van der Waals surface area contributed by atoms with E-state index in [2.05, 4.69) is 21.2 Å². The third-order valence-corrected chi connectivity index (χ3v) is 4.65. The highest BCUT2D eigenvalue weighted by atomic mass is 35.5. The largest absolute Gasteiger partial charge is 0.352 e. The minimum absolute atomic E-state index is 0.444. The Morgan fingerprint density at radius 1 is 1.11 bits per heavy atom.